The molecule has 0 saturated carbocycles. The normalized spacial score (nSPS) is 14.3. The number of hydrogen-bond acceptors (Lipinski definition) is 5. The van der Waals surface area contributed by atoms with Gasteiger partial charge in [0.15, 0.2) is 0 Å². The fourth-order valence-corrected chi connectivity index (χ4v) is 3.21. The van der Waals surface area contributed by atoms with Crippen LogP contribution in [-0.4, -0.2) is 48.1 Å². The van der Waals surface area contributed by atoms with E-state index in [1.54, 1.807) is 29.2 Å². The fourth-order valence-electron chi connectivity index (χ4n) is 3.04. The minimum absolute atomic E-state index is 0.0272. The van der Waals surface area contributed by atoms with Gasteiger partial charge in [-0.05, 0) is 29.8 Å². The molecular weight excluding hydrogens is 438 g/mol. The number of carbonyl (C=O) groups excluding carboxylic acids is 2. The van der Waals surface area contributed by atoms with Gasteiger partial charge in [-0.2, -0.15) is 0 Å². The summed E-state index contributed by atoms with van der Waals surface area (Å²) >= 11 is 3.22. The number of likely N-dealkylation sites (tertiary alicyclic amines) is 1. The van der Waals surface area contributed by atoms with Gasteiger partial charge in [-0.3, -0.25) is 0 Å². The van der Waals surface area contributed by atoms with E-state index in [2.05, 4.69) is 15.9 Å². The molecule has 0 unspecified atom stereocenters. The van der Waals surface area contributed by atoms with Crippen LogP contribution in [0.3, 0.4) is 0 Å². The van der Waals surface area contributed by atoms with Crippen molar-refractivity contribution in [3.8, 4) is 5.75 Å². The molecule has 6 nitrogen and oxygen atoms in total. The van der Waals surface area contributed by atoms with E-state index >= 15 is 0 Å². The number of carbonyl (C=O) groups is 2. The van der Waals surface area contributed by atoms with Crippen LogP contribution >= 0.6 is 15.9 Å². The van der Waals surface area contributed by atoms with E-state index in [9.17, 15) is 9.59 Å². The molecule has 0 bridgehead atoms. The van der Waals surface area contributed by atoms with Crippen molar-refractivity contribution in [3.05, 3.63) is 65.7 Å². The summed E-state index contributed by atoms with van der Waals surface area (Å²) in [6.45, 7) is 1.80. The van der Waals surface area contributed by atoms with Gasteiger partial charge in [-0.1, -0.05) is 46.3 Å². The molecule has 0 aliphatic carbocycles. The predicted octanol–water partition coefficient (Wildman–Crippen LogP) is 4.42. The molecule has 1 heterocycles. The first-order chi connectivity index (χ1) is 14.2. The number of hydrogen-bond donors (Lipinski definition) is 0. The van der Waals surface area contributed by atoms with Crippen LogP contribution in [0.25, 0.3) is 0 Å². The van der Waals surface area contributed by atoms with E-state index in [4.69, 9.17) is 14.2 Å². The minimum Gasteiger partial charge on any atom is -0.490 e. The zero-order valence-electron chi connectivity index (χ0n) is 16.1. The molecule has 0 atom stereocenters. The van der Waals surface area contributed by atoms with Crippen LogP contribution in [0, 0.1) is 0 Å². The molecule has 0 N–H and O–H groups in total. The first kappa shape index (κ1) is 21.2. The maximum atomic E-state index is 12.2. The molecule has 29 heavy (non-hydrogen) atoms. The molecule has 2 aromatic carbocycles. The second kappa shape index (κ2) is 10.9. The van der Waals surface area contributed by atoms with E-state index in [1.165, 1.54) is 0 Å². The van der Waals surface area contributed by atoms with Crippen LogP contribution in [0.4, 0.5) is 4.79 Å². The smallest absolute Gasteiger partial charge is 0.410 e. The Hall–Kier alpha value is -2.54. The van der Waals surface area contributed by atoms with Crippen LogP contribution in [-0.2, 0) is 16.1 Å². The number of benzene rings is 2. The van der Waals surface area contributed by atoms with Gasteiger partial charge in [-0.25, -0.2) is 9.59 Å². The Morgan fingerprint density at radius 2 is 1.66 bits per heavy atom. The van der Waals surface area contributed by atoms with Gasteiger partial charge in [0.2, 0.25) is 0 Å². The SMILES string of the molecule is O=C(OCCBr)c1ccc(OC2CCN(C(=O)OCc3ccccc3)CC2)cc1. The van der Waals surface area contributed by atoms with Crippen LogP contribution in [0.5, 0.6) is 5.75 Å². The molecule has 0 aromatic heterocycles. The molecular formula is C22H24BrNO5. The summed E-state index contributed by atoms with van der Waals surface area (Å²) in [4.78, 5) is 25.8. The molecule has 1 aliphatic heterocycles. The van der Waals surface area contributed by atoms with Crippen molar-refractivity contribution in [2.75, 3.05) is 25.0 Å². The van der Waals surface area contributed by atoms with Gasteiger partial charge in [0.1, 0.15) is 25.1 Å². The third-order valence-electron chi connectivity index (χ3n) is 4.61. The number of esters is 1. The highest BCUT2D eigenvalue weighted by Crippen LogP contribution is 2.20. The van der Waals surface area contributed by atoms with Gasteiger partial charge in [-0.15, -0.1) is 0 Å². The Morgan fingerprint density at radius 3 is 2.31 bits per heavy atom. The predicted molar refractivity (Wildman–Crippen MR) is 112 cm³/mol. The van der Waals surface area contributed by atoms with Crippen molar-refractivity contribution < 1.29 is 23.8 Å². The third kappa shape index (κ3) is 6.49. The lowest BCUT2D eigenvalue weighted by Crippen LogP contribution is -2.42. The Morgan fingerprint density at radius 1 is 0.966 bits per heavy atom. The number of amides is 1. The summed E-state index contributed by atoms with van der Waals surface area (Å²) in [7, 11) is 0. The zero-order valence-corrected chi connectivity index (χ0v) is 17.7. The van der Waals surface area contributed by atoms with Crippen molar-refractivity contribution >= 4 is 28.0 Å². The maximum Gasteiger partial charge on any atom is 0.410 e. The van der Waals surface area contributed by atoms with E-state index in [0.717, 1.165) is 18.4 Å². The van der Waals surface area contributed by atoms with Gasteiger partial charge < -0.3 is 19.1 Å². The quantitative estimate of drug-likeness (QED) is 0.451. The van der Waals surface area contributed by atoms with E-state index in [-0.39, 0.29) is 24.8 Å². The highest BCUT2D eigenvalue weighted by atomic mass is 79.9. The van der Waals surface area contributed by atoms with Crippen LogP contribution in [0.1, 0.15) is 28.8 Å². The fraction of sp³-hybridized carbons (Fsp3) is 0.364. The first-order valence-corrected chi connectivity index (χ1v) is 10.7. The van der Waals surface area contributed by atoms with Crippen molar-refractivity contribution in [1.29, 1.82) is 0 Å². The summed E-state index contributed by atoms with van der Waals surface area (Å²) in [6, 6.07) is 16.6. The number of halogens is 1. The summed E-state index contributed by atoms with van der Waals surface area (Å²) in [5.74, 6) is 0.352. The molecule has 1 saturated heterocycles. The number of nitrogens with zero attached hydrogens (tertiary/aromatic N) is 1. The van der Waals surface area contributed by atoms with E-state index in [0.29, 0.717) is 36.3 Å². The summed E-state index contributed by atoms with van der Waals surface area (Å²) in [6.07, 6.45) is 1.20. The Labute approximate surface area is 178 Å². The van der Waals surface area contributed by atoms with Gasteiger partial charge in [0.25, 0.3) is 0 Å². The first-order valence-electron chi connectivity index (χ1n) is 9.61. The maximum absolute atomic E-state index is 12.2. The third-order valence-corrected chi connectivity index (χ3v) is 4.93. The van der Waals surface area contributed by atoms with Crippen LogP contribution < -0.4 is 4.74 Å². The highest BCUT2D eigenvalue weighted by molar-refractivity contribution is 9.09. The van der Waals surface area contributed by atoms with Crippen molar-refractivity contribution in [1.82, 2.24) is 4.90 Å². The van der Waals surface area contributed by atoms with Crippen LogP contribution in [0.2, 0.25) is 0 Å². The van der Waals surface area contributed by atoms with Gasteiger partial charge >= 0.3 is 12.1 Å². The second-order valence-electron chi connectivity index (χ2n) is 6.69. The zero-order chi connectivity index (χ0) is 20.5. The highest BCUT2D eigenvalue weighted by Gasteiger charge is 2.25. The average Bonchev–Trinajstić information content (AvgIpc) is 2.77. The minimum atomic E-state index is -0.349. The molecule has 3 rings (SSSR count). The molecule has 1 fully saturated rings. The molecule has 0 radical (unpaired) electrons. The summed E-state index contributed by atoms with van der Waals surface area (Å²) in [5, 5.41) is 0.610. The molecule has 154 valence electrons. The Bertz CT molecular complexity index is 789. The van der Waals surface area contributed by atoms with Crippen molar-refractivity contribution in [2.45, 2.75) is 25.6 Å². The van der Waals surface area contributed by atoms with E-state index < -0.39 is 0 Å². The Balaban J connectivity index is 1.41. The lowest BCUT2D eigenvalue weighted by molar-refractivity contribution is 0.0531. The van der Waals surface area contributed by atoms with Gasteiger partial charge in [0, 0.05) is 31.3 Å². The molecule has 1 aliphatic rings. The number of ether oxygens (including phenoxy) is 3. The molecule has 1 amide bonds. The standard InChI is InChI=1S/C22H24BrNO5/c23-12-15-27-21(25)18-6-8-19(9-7-18)29-20-10-13-24(14-11-20)22(26)28-16-17-4-2-1-3-5-17/h1-9,20H,10-16H2. The Kier molecular flexibility index (Phi) is 7.93. The average molecular weight is 462 g/mol. The second-order valence-corrected chi connectivity index (χ2v) is 7.49. The lowest BCUT2D eigenvalue weighted by atomic mass is 10.1. The van der Waals surface area contributed by atoms with Crippen molar-refractivity contribution in [3.63, 3.8) is 0 Å². The van der Waals surface area contributed by atoms with Crippen LogP contribution in [0.15, 0.2) is 54.6 Å². The topological polar surface area (TPSA) is 65.1 Å². The van der Waals surface area contributed by atoms with Crippen molar-refractivity contribution in [2.24, 2.45) is 0 Å². The summed E-state index contributed by atoms with van der Waals surface area (Å²) in [5.41, 5.74) is 1.47. The van der Waals surface area contributed by atoms with E-state index in [1.807, 2.05) is 30.3 Å². The largest absolute Gasteiger partial charge is 0.490 e. The molecule has 2 aromatic rings. The number of rotatable bonds is 7. The number of alkyl halides is 1. The molecule has 0 spiro atoms. The van der Waals surface area contributed by atoms with Gasteiger partial charge in [0.05, 0.1) is 5.56 Å². The monoisotopic (exact) mass is 461 g/mol. The number of piperidine rings is 1. The molecule has 7 heteroatoms. The summed E-state index contributed by atoms with van der Waals surface area (Å²) < 4.78 is 16.4. The lowest BCUT2D eigenvalue weighted by Gasteiger charge is -2.31.